The van der Waals surface area contributed by atoms with E-state index in [4.69, 9.17) is 4.74 Å². The van der Waals surface area contributed by atoms with Crippen LogP contribution in [0.2, 0.25) is 0 Å². The topological polar surface area (TPSA) is 69.0 Å². The van der Waals surface area contributed by atoms with Crippen LogP contribution in [0.1, 0.15) is 29.8 Å². The lowest BCUT2D eigenvalue weighted by molar-refractivity contribution is 0.102. The van der Waals surface area contributed by atoms with E-state index in [0.717, 1.165) is 5.56 Å². The Balaban J connectivity index is 1.60. The number of amides is 1. The molecule has 4 rings (SSSR count). The number of hydrogen-bond donors (Lipinski definition) is 1. The van der Waals surface area contributed by atoms with E-state index in [9.17, 15) is 9.18 Å². The van der Waals surface area contributed by atoms with Crippen molar-refractivity contribution in [3.05, 3.63) is 89.7 Å². The number of aryl methyl sites for hydroxylation is 1. The maximum absolute atomic E-state index is 13.9. The van der Waals surface area contributed by atoms with Gasteiger partial charge in [0.05, 0.1) is 12.3 Å². The Hall–Kier alpha value is -4.00. The van der Waals surface area contributed by atoms with E-state index >= 15 is 0 Å². The number of ether oxygens (including phenoxy) is 1. The van der Waals surface area contributed by atoms with Crippen LogP contribution in [0.3, 0.4) is 0 Å². The molecule has 1 aromatic heterocycles. The van der Waals surface area contributed by atoms with Gasteiger partial charge in [0, 0.05) is 16.8 Å². The van der Waals surface area contributed by atoms with Gasteiger partial charge in [-0.25, -0.2) is 9.07 Å². The molecule has 33 heavy (non-hydrogen) atoms. The zero-order chi connectivity index (χ0) is 23.4. The molecule has 0 atom stereocenters. The van der Waals surface area contributed by atoms with Gasteiger partial charge in [0.25, 0.3) is 5.91 Å². The monoisotopic (exact) mass is 444 g/mol. The average Bonchev–Trinajstić information content (AvgIpc) is 3.23. The normalized spacial score (nSPS) is 10.9. The van der Waals surface area contributed by atoms with Crippen molar-refractivity contribution in [1.82, 2.24) is 14.8 Å². The molecule has 1 amide bonds. The summed E-state index contributed by atoms with van der Waals surface area (Å²) in [6, 6.07) is 21.0. The highest BCUT2D eigenvalue weighted by atomic mass is 19.1. The first-order chi connectivity index (χ1) is 15.9. The molecule has 1 heterocycles. The number of benzene rings is 3. The second-order valence-corrected chi connectivity index (χ2v) is 8.21. The summed E-state index contributed by atoms with van der Waals surface area (Å²) in [6.07, 6.45) is 0. The number of halogens is 1. The van der Waals surface area contributed by atoms with E-state index in [1.807, 2.05) is 45.0 Å². The van der Waals surface area contributed by atoms with Crippen LogP contribution < -0.4 is 10.1 Å². The molecule has 4 aromatic rings. The third-order valence-electron chi connectivity index (χ3n) is 4.90. The highest BCUT2D eigenvalue weighted by molar-refractivity contribution is 6.04. The number of rotatable bonds is 7. The minimum absolute atomic E-state index is 0.187. The summed E-state index contributed by atoms with van der Waals surface area (Å²) in [7, 11) is 0. The zero-order valence-corrected chi connectivity index (χ0v) is 18.7. The zero-order valence-electron chi connectivity index (χ0n) is 18.7. The molecule has 0 bridgehead atoms. The lowest BCUT2D eigenvalue weighted by Crippen LogP contribution is -2.11. The predicted molar refractivity (Wildman–Crippen MR) is 126 cm³/mol. The van der Waals surface area contributed by atoms with Gasteiger partial charge in [0.1, 0.15) is 5.82 Å². The molecule has 6 nitrogen and oxygen atoms in total. The van der Waals surface area contributed by atoms with Crippen molar-refractivity contribution in [3.8, 4) is 23.1 Å². The third kappa shape index (κ3) is 5.44. The van der Waals surface area contributed by atoms with Gasteiger partial charge in [0.15, 0.2) is 5.82 Å². The van der Waals surface area contributed by atoms with Crippen LogP contribution in [0, 0.1) is 18.7 Å². The van der Waals surface area contributed by atoms with Gasteiger partial charge in [-0.1, -0.05) is 43.7 Å². The number of nitrogens with one attached hydrogen (secondary N) is 1. The summed E-state index contributed by atoms with van der Waals surface area (Å²) < 4.78 is 21.2. The molecule has 0 aliphatic rings. The van der Waals surface area contributed by atoms with Crippen molar-refractivity contribution in [2.24, 2.45) is 5.92 Å². The smallest absolute Gasteiger partial charge is 0.336 e. The highest BCUT2D eigenvalue weighted by Gasteiger charge is 2.16. The first-order valence-electron chi connectivity index (χ1n) is 10.7. The van der Waals surface area contributed by atoms with Crippen LogP contribution >= 0.6 is 0 Å². The maximum Gasteiger partial charge on any atom is 0.336 e. The average molecular weight is 445 g/mol. The maximum atomic E-state index is 13.9. The van der Waals surface area contributed by atoms with Gasteiger partial charge < -0.3 is 10.1 Å². The molecule has 7 heteroatoms. The van der Waals surface area contributed by atoms with Crippen molar-refractivity contribution in [2.45, 2.75) is 20.8 Å². The lowest BCUT2D eigenvalue weighted by Gasteiger charge is -2.09. The van der Waals surface area contributed by atoms with Crippen LogP contribution in [0.4, 0.5) is 10.1 Å². The fourth-order valence-corrected chi connectivity index (χ4v) is 3.18. The Labute approximate surface area is 192 Å². The van der Waals surface area contributed by atoms with E-state index in [1.165, 1.54) is 12.1 Å². The number of hydrogen-bond acceptors (Lipinski definition) is 4. The van der Waals surface area contributed by atoms with Gasteiger partial charge >= 0.3 is 6.01 Å². The lowest BCUT2D eigenvalue weighted by atomic mass is 10.1. The number of anilines is 1. The Kier molecular flexibility index (Phi) is 6.49. The fraction of sp³-hybridized carbons (Fsp3) is 0.192. The van der Waals surface area contributed by atoms with Crippen molar-refractivity contribution < 1.29 is 13.9 Å². The van der Waals surface area contributed by atoms with Crippen LogP contribution in [-0.2, 0) is 0 Å². The van der Waals surface area contributed by atoms with E-state index in [2.05, 4.69) is 15.4 Å². The van der Waals surface area contributed by atoms with Crippen LogP contribution in [-0.4, -0.2) is 27.3 Å². The molecule has 0 unspecified atom stereocenters. The highest BCUT2D eigenvalue weighted by Crippen LogP contribution is 2.25. The first kappa shape index (κ1) is 22.2. The van der Waals surface area contributed by atoms with Crippen LogP contribution in [0.15, 0.2) is 72.8 Å². The summed E-state index contributed by atoms with van der Waals surface area (Å²) in [5.74, 6) is 0.227. The molecule has 0 saturated heterocycles. The summed E-state index contributed by atoms with van der Waals surface area (Å²) in [5.41, 5.74) is 3.61. The predicted octanol–water partition coefficient (Wildman–Crippen LogP) is 5.67. The molecule has 168 valence electrons. The molecule has 1 N–H and O–H groups in total. The van der Waals surface area contributed by atoms with Gasteiger partial charge in [-0.05, 0) is 61.4 Å². The van der Waals surface area contributed by atoms with Gasteiger partial charge in [-0.15, -0.1) is 5.10 Å². The van der Waals surface area contributed by atoms with Crippen molar-refractivity contribution >= 4 is 11.6 Å². The number of carbonyl (C=O) groups excluding carboxylic acids is 1. The Morgan fingerprint density at radius 1 is 1.06 bits per heavy atom. The molecule has 0 spiro atoms. The van der Waals surface area contributed by atoms with Crippen molar-refractivity contribution in [3.63, 3.8) is 0 Å². The van der Waals surface area contributed by atoms with Gasteiger partial charge in [0.2, 0.25) is 0 Å². The number of nitrogens with zero attached hydrogens (tertiary/aromatic N) is 3. The quantitative estimate of drug-likeness (QED) is 0.399. The van der Waals surface area contributed by atoms with Crippen molar-refractivity contribution in [2.75, 3.05) is 11.9 Å². The van der Waals surface area contributed by atoms with Crippen LogP contribution in [0.5, 0.6) is 6.01 Å². The Morgan fingerprint density at radius 3 is 2.45 bits per heavy atom. The van der Waals surface area contributed by atoms with E-state index in [-0.39, 0.29) is 17.7 Å². The Bertz CT molecular complexity index is 1250. The van der Waals surface area contributed by atoms with Crippen LogP contribution in [0.25, 0.3) is 17.1 Å². The standard InChI is InChI=1S/C26H25FN4O2/c1-17(2)16-33-26-29-24(20-5-4-6-21(27)15-20)31(30-26)23-13-11-22(12-14-23)28-25(32)19-9-7-18(3)8-10-19/h4-15,17H,16H2,1-3H3,(H,28,32). The summed E-state index contributed by atoms with van der Waals surface area (Å²) in [5, 5.41) is 7.37. The summed E-state index contributed by atoms with van der Waals surface area (Å²) in [4.78, 5) is 17.0. The SMILES string of the molecule is Cc1ccc(C(=O)Nc2ccc(-n3nc(OCC(C)C)nc3-c3cccc(F)c3)cc2)cc1. The fourth-order valence-electron chi connectivity index (χ4n) is 3.18. The minimum atomic E-state index is -0.360. The summed E-state index contributed by atoms with van der Waals surface area (Å²) in [6.45, 7) is 6.51. The number of carbonyl (C=O) groups is 1. The molecule has 0 saturated carbocycles. The second kappa shape index (κ2) is 9.65. The largest absolute Gasteiger partial charge is 0.462 e. The summed E-state index contributed by atoms with van der Waals surface area (Å²) >= 11 is 0. The molecule has 3 aromatic carbocycles. The third-order valence-corrected chi connectivity index (χ3v) is 4.90. The van der Waals surface area contributed by atoms with E-state index in [0.29, 0.717) is 40.9 Å². The van der Waals surface area contributed by atoms with Gasteiger partial charge in [-0.2, -0.15) is 4.98 Å². The van der Waals surface area contributed by atoms with Crippen molar-refractivity contribution in [1.29, 1.82) is 0 Å². The van der Waals surface area contributed by atoms with Gasteiger partial charge in [-0.3, -0.25) is 4.79 Å². The second-order valence-electron chi connectivity index (χ2n) is 8.21. The van der Waals surface area contributed by atoms with E-state index in [1.54, 1.807) is 41.1 Å². The number of aromatic nitrogens is 3. The minimum Gasteiger partial charge on any atom is -0.462 e. The first-order valence-corrected chi connectivity index (χ1v) is 10.7. The molecule has 0 radical (unpaired) electrons. The Morgan fingerprint density at radius 2 is 1.79 bits per heavy atom. The molecular weight excluding hydrogens is 419 g/mol. The molecular formula is C26H25FN4O2. The molecule has 0 aliphatic heterocycles. The molecule has 0 fully saturated rings. The molecule has 0 aliphatic carbocycles. The van der Waals surface area contributed by atoms with E-state index < -0.39 is 0 Å².